The van der Waals surface area contributed by atoms with Gasteiger partial charge in [0, 0.05) is 36.4 Å². The van der Waals surface area contributed by atoms with E-state index < -0.39 is 0 Å². The number of hydrogen-bond acceptors (Lipinski definition) is 6. The Balaban J connectivity index is 1.83. The van der Waals surface area contributed by atoms with Crippen molar-refractivity contribution in [1.82, 2.24) is 24.9 Å². The predicted molar refractivity (Wildman–Crippen MR) is 105 cm³/mol. The quantitative estimate of drug-likeness (QED) is 0.515. The lowest BCUT2D eigenvalue weighted by Crippen LogP contribution is -2.47. The van der Waals surface area contributed by atoms with Crippen molar-refractivity contribution in [2.45, 2.75) is 13.8 Å². The Morgan fingerprint density at radius 3 is 2.71 bits per heavy atom. The Morgan fingerprint density at radius 2 is 2.11 bits per heavy atom. The molecular formula is C19H18BN7O. The van der Waals surface area contributed by atoms with Gasteiger partial charge in [-0.1, -0.05) is 13.8 Å². The third-order valence-electron chi connectivity index (χ3n) is 3.87. The molecule has 2 aromatic heterocycles. The number of nitriles is 1. The zero-order chi connectivity index (χ0) is 20.1. The molecule has 2 radical (unpaired) electrons. The first-order valence-electron chi connectivity index (χ1n) is 8.67. The van der Waals surface area contributed by atoms with Crippen LogP contribution in [0, 0.1) is 17.2 Å². The van der Waals surface area contributed by atoms with E-state index in [1.807, 2.05) is 42.8 Å². The minimum atomic E-state index is -0.311. The minimum Gasteiger partial charge on any atom is -0.306 e. The normalized spacial score (nSPS) is 10.5. The fourth-order valence-electron chi connectivity index (χ4n) is 2.59. The SMILES string of the molecule is [B]c1cnc(C#N)nc1N(CC(C)C)NC(=O)c1ccc(-n2ccnc2)cc1. The second-order valence-corrected chi connectivity index (χ2v) is 6.55. The van der Waals surface area contributed by atoms with Crippen molar-refractivity contribution in [1.29, 1.82) is 5.26 Å². The number of imidazole rings is 1. The van der Waals surface area contributed by atoms with Gasteiger partial charge in [0.2, 0.25) is 5.82 Å². The van der Waals surface area contributed by atoms with Crippen molar-refractivity contribution in [2.75, 3.05) is 11.6 Å². The van der Waals surface area contributed by atoms with Gasteiger partial charge >= 0.3 is 0 Å². The van der Waals surface area contributed by atoms with Crippen molar-refractivity contribution in [2.24, 2.45) is 5.92 Å². The van der Waals surface area contributed by atoms with Crippen molar-refractivity contribution < 1.29 is 4.79 Å². The third-order valence-corrected chi connectivity index (χ3v) is 3.87. The monoisotopic (exact) mass is 371 g/mol. The maximum atomic E-state index is 12.8. The number of nitrogens with one attached hydrogen (secondary N) is 1. The Hall–Kier alpha value is -3.67. The minimum absolute atomic E-state index is 0.0168. The molecule has 3 rings (SSSR count). The second kappa shape index (κ2) is 8.35. The van der Waals surface area contributed by atoms with Crippen LogP contribution in [0.4, 0.5) is 5.82 Å². The van der Waals surface area contributed by atoms with E-state index in [1.165, 1.54) is 6.20 Å². The standard InChI is InChI=1S/C19H18BN7O/c1-13(2)11-27(18-16(20)10-23-17(9-21)24-18)25-19(28)14-3-5-15(6-4-14)26-8-7-22-12-26/h3-8,10,12-13H,11H2,1-2H3,(H,25,28). The number of nitrogens with zero attached hydrogens (tertiary/aromatic N) is 6. The highest BCUT2D eigenvalue weighted by Gasteiger charge is 2.17. The fraction of sp³-hybridized carbons (Fsp3) is 0.211. The van der Waals surface area contributed by atoms with E-state index in [4.69, 9.17) is 13.1 Å². The molecule has 0 aliphatic carbocycles. The van der Waals surface area contributed by atoms with Gasteiger partial charge in [-0.2, -0.15) is 5.26 Å². The highest BCUT2D eigenvalue weighted by molar-refractivity contribution is 6.35. The molecule has 1 N–H and O–H groups in total. The Labute approximate surface area is 164 Å². The first-order chi connectivity index (χ1) is 13.5. The Kier molecular flexibility index (Phi) is 5.70. The number of anilines is 1. The average Bonchev–Trinajstić information content (AvgIpc) is 3.22. The van der Waals surface area contributed by atoms with Crippen molar-refractivity contribution in [3.63, 3.8) is 0 Å². The number of carbonyl (C=O) groups is 1. The lowest BCUT2D eigenvalue weighted by Gasteiger charge is -2.27. The molecule has 0 bridgehead atoms. The largest absolute Gasteiger partial charge is 0.306 e. The number of rotatable bonds is 6. The van der Waals surface area contributed by atoms with Crippen LogP contribution in [0.2, 0.25) is 0 Å². The van der Waals surface area contributed by atoms with Gasteiger partial charge in [-0.3, -0.25) is 15.2 Å². The van der Waals surface area contributed by atoms with Gasteiger partial charge in [-0.05, 0) is 35.6 Å². The summed E-state index contributed by atoms with van der Waals surface area (Å²) >= 11 is 0. The summed E-state index contributed by atoms with van der Waals surface area (Å²) in [4.78, 5) is 24.8. The number of hydrazine groups is 1. The van der Waals surface area contributed by atoms with Crippen LogP contribution >= 0.6 is 0 Å². The number of hydrogen-bond donors (Lipinski definition) is 1. The van der Waals surface area contributed by atoms with E-state index in [1.54, 1.807) is 29.7 Å². The zero-order valence-corrected chi connectivity index (χ0v) is 15.6. The van der Waals surface area contributed by atoms with Crippen molar-refractivity contribution in [3.8, 4) is 11.8 Å². The molecule has 0 spiro atoms. The molecule has 2 heterocycles. The summed E-state index contributed by atoms with van der Waals surface area (Å²) in [5.41, 5.74) is 4.47. The zero-order valence-electron chi connectivity index (χ0n) is 15.6. The molecule has 1 aromatic carbocycles. The summed E-state index contributed by atoms with van der Waals surface area (Å²) in [6.45, 7) is 4.47. The van der Waals surface area contributed by atoms with Crippen molar-refractivity contribution >= 4 is 25.0 Å². The van der Waals surface area contributed by atoms with E-state index in [-0.39, 0.29) is 23.1 Å². The highest BCUT2D eigenvalue weighted by atomic mass is 16.2. The molecule has 0 aliphatic rings. The van der Waals surface area contributed by atoms with Crippen LogP contribution in [0.5, 0.6) is 0 Å². The van der Waals surface area contributed by atoms with Crippen LogP contribution < -0.4 is 15.9 Å². The van der Waals surface area contributed by atoms with E-state index in [2.05, 4.69) is 20.4 Å². The molecule has 8 nitrogen and oxygen atoms in total. The Morgan fingerprint density at radius 1 is 1.36 bits per heavy atom. The molecule has 0 saturated carbocycles. The molecule has 1 amide bonds. The molecule has 0 atom stereocenters. The van der Waals surface area contributed by atoms with Gasteiger partial charge in [0.15, 0.2) is 0 Å². The van der Waals surface area contributed by atoms with Crippen LogP contribution in [0.1, 0.15) is 30.0 Å². The summed E-state index contributed by atoms with van der Waals surface area (Å²) in [5.74, 6) is 0.179. The molecule has 0 saturated heterocycles. The van der Waals surface area contributed by atoms with Crippen molar-refractivity contribution in [3.05, 3.63) is 60.6 Å². The van der Waals surface area contributed by atoms with Gasteiger partial charge in [0.05, 0.1) is 6.33 Å². The van der Waals surface area contributed by atoms with Crippen LogP contribution in [-0.4, -0.2) is 39.8 Å². The molecule has 0 unspecified atom stereocenters. The molecule has 0 fully saturated rings. The van der Waals surface area contributed by atoms with Gasteiger partial charge in [0.1, 0.15) is 19.7 Å². The predicted octanol–water partition coefficient (Wildman–Crippen LogP) is 1.14. The van der Waals surface area contributed by atoms with Gasteiger partial charge in [-0.25, -0.2) is 15.0 Å². The van der Waals surface area contributed by atoms with E-state index in [9.17, 15) is 4.79 Å². The molecular weight excluding hydrogens is 353 g/mol. The maximum Gasteiger partial charge on any atom is 0.269 e. The first kappa shape index (κ1) is 19.1. The van der Waals surface area contributed by atoms with Gasteiger partial charge in [0.25, 0.3) is 5.91 Å². The summed E-state index contributed by atoms with van der Waals surface area (Å²) < 4.78 is 1.84. The number of carbonyl (C=O) groups excluding carboxylic acids is 1. The second-order valence-electron chi connectivity index (χ2n) is 6.55. The first-order valence-corrected chi connectivity index (χ1v) is 8.67. The number of amides is 1. The third kappa shape index (κ3) is 4.35. The van der Waals surface area contributed by atoms with Crippen LogP contribution in [0.3, 0.4) is 0 Å². The van der Waals surface area contributed by atoms with Crippen LogP contribution in [-0.2, 0) is 0 Å². The molecule has 3 aromatic rings. The Bertz CT molecular complexity index is 994. The van der Waals surface area contributed by atoms with Gasteiger partial charge < -0.3 is 4.57 Å². The molecule has 0 aliphatic heterocycles. The summed E-state index contributed by atoms with van der Waals surface area (Å²) in [5, 5.41) is 10.6. The summed E-state index contributed by atoms with van der Waals surface area (Å²) in [7, 11) is 5.97. The topological polar surface area (TPSA) is 99.7 Å². The van der Waals surface area contributed by atoms with E-state index in [0.29, 0.717) is 17.9 Å². The average molecular weight is 371 g/mol. The van der Waals surface area contributed by atoms with Crippen LogP contribution in [0.15, 0.2) is 49.2 Å². The van der Waals surface area contributed by atoms with Gasteiger partial charge in [-0.15, -0.1) is 0 Å². The number of benzene rings is 1. The molecule has 9 heteroatoms. The lowest BCUT2D eigenvalue weighted by atomic mass is 9.98. The van der Waals surface area contributed by atoms with Crippen LogP contribution in [0.25, 0.3) is 5.69 Å². The highest BCUT2D eigenvalue weighted by Crippen LogP contribution is 2.12. The summed E-state index contributed by atoms with van der Waals surface area (Å²) in [6.07, 6.45) is 6.56. The summed E-state index contributed by atoms with van der Waals surface area (Å²) in [6, 6.07) is 8.99. The molecule has 138 valence electrons. The van der Waals surface area contributed by atoms with E-state index >= 15 is 0 Å². The fourth-order valence-corrected chi connectivity index (χ4v) is 2.59. The van der Waals surface area contributed by atoms with E-state index in [0.717, 1.165) is 5.69 Å². The smallest absolute Gasteiger partial charge is 0.269 e. The molecule has 28 heavy (non-hydrogen) atoms. The number of aromatic nitrogens is 4. The maximum absolute atomic E-state index is 12.8. The lowest BCUT2D eigenvalue weighted by molar-refractivity contribution is 0.0947.